The van der Waals surface area contributed by atoms with E-state index in [1.807, 2.05) is 30.3 Å². The Labute approximate surface area is 171 Å². The summed E-state index contributed by atoms with van der Waals surface area (Å²) in [6.45, 7) is 3.87. The van der Waals surface area contributed by atoms with Crippen LogP contribution in [-0.2, 0) is 9.59 Å². The molecule has 2 aromatic rings. The van der Waals surface area contributed by atoms with Gasteiger partial charge in [0.25, 0.3) is 5.91 Å². The fraction of sp³-hybridized carbons (Fsp3) is 0.391. The number of ether oxygens (including phenoxy) is 1. The molecule has 2 aromatic carbocycles. The third-order valence-corrected chi connectivity index (χ3v) is 5.55. The summed E-state index contributed by atoms with van der Waals surface area (Å²) in [4.78, 5) is 28.8. The van der Waals surface area contributed by atoms with Crippen LogP contribution in [0, 0.1) is 0 Å². The second-order valence-corrected chi connectivity index (χ2v) is 7.64. The summed E-state index contributed by atoms with van der Waals surface area (Å²) in [7, 11) is 0. The average molecular weight is 393 g/mol. The van der Waals surface area contributed by atoms with Crippen molar-refractivity contribution in [3.63, 3.8) is 0 Å². The minimum atomic E-state index is -0.751. The van der Waals surface area contributed by atoms with E-state index in [1.54, 1.807) is 11.0 Å². The van der Waals surface area contributed by atoms with E-state index in [1.165, 1.54) is 38.3 Å². The molecule has 6 heteroatoms. The molecule has 1 N–H and O–H groups in total. The molecule has 0 aromatic heterocycles. The van der Waals surface area contributed by atoms with Crippen LogP contribution in [0.4, 0.5) is 17.1 Å². The lowest BCUT2D eigenvalue weighted by Crippen LogP contribution is -2.48. The van der Waals surface area contributed by atoms with E-state index in [0.29, 0.717) is 11.4 Å². The first-order valence-electron chi connectivity index (χ1n) is 10.3. The molecule has 1 saturated heterocycles. The molecule has 0 aliphatic carbocycles. The van der Waals surface area contributed by atoms with Crippen molar-refractivity contribution < 1.29 is 14.3 Å². The van der Waals surface area contributed by atoms with Crippen LogP contribution >= 0.6 is 0 Å². The Hall–Kier alpha value is -3.02. The molecule has 6 nitrogen and oxygen atoms in total. The summed E-state index contributed by atoms with van der Waals surface area (Å²) in [5.41, 5.74) is 2.62. The SMILES string of the molecule is CC(=O)N1C[C@H](C(=O)Nc2ccc(N3CCCCCC3)cc2)Oc2ccccc21. The predicted octanol–water partition coefficient (Wildman–Crippen LogP) is 3.82. The van der Waals surface area contributed by atoms with Gasteiger partial charge in [0.05, 0.1) is 12.2 Å². The van der Waals surface area contributed by atoms with Crippen LogP contribution in [0.3, 0.4) is 0 Å². The van der Waals surface area contributed by atoms with Crippen LogP contribution in [0.15, 0.2) is 48.5 Å². The number of anilines is 3. The molecule has 0 bridgehead atoms. The first kappa shape index (κ1) is 19.3. The third kappa shape index (κ3) is 4.36. The summed E-state index contributed by atoms with van der Waals surface area (Å²) in [6, 6.07) is 15.3. The summed E-state index contributed by atoms with van der Waals surface area (Å²) in [5.74, 6) is 0.180. The van der Waals surface area contributed by atoms with Gasteiger partial charge in [-0.2, -0.15) is 0 Å². The van der Waals surface area contributed by atoms with E-state index in [2.05, 4.69) is 22.3 Å². The smallest absolute Gasteiger partial charge is 0.267 e. The average Bonchev–Trinajstić information content (AvgIpc) is 3.03. The zero-order valence-electron chi connectivity index (χ0n) is 16.8. The number of amides is 2. The van der Waals surface area contributed by atoms with Crippen molar-refractivity contribution >= 4 is 28.9 Å². The fourth-order valence-electron chi connectivity index (χ4n) is 3.98. The van der Waals surface area contributed by atoms with Gasteiger partial charge in [-0.1, -0.05) is 25.0 Å². The summed E-state index contributed by atoms with van der Waals surface area (Å²) < 4.78 is 5.86. The van der Waals surface area contributed by atoms with Gasteiger partial charge in [0.1, 0.15) is 5.75 Å². The third-order valence-electron chi connectivity index (χ3n) is 5.55. The van der Waals surface area contributed by atoms with Gasteiger partial charge in [-0.25, -0.2) is 0 Å². The predicted molar refractivity (Wildman–Crippen MR) is 115 cm³/mol. The van der Waals surface area contributed by atoms with Crippen molar-refractivity contribution in [2.24, 2.45) is 0 Å². The molecule has 29 heavy (non-hydrogen) atoms. The van der Waals surface area contributed by atoms with Gasteiger partial charge in [-0.15, -0.1) is 0 Å². The molecule has 0 spiro atoms. The molecule has 0 unspecified atom stereocenters. The van der Waals surface area contributed by atoms with Crippen LogP contribution in [0.25, 0.3) is 0 Å². The fourth-order valence-corrected chi connectivity index (χ4v) is 3.98. The van der Waals surface area contributed by atoms with E-state index in [0.717, 1.165) is 18.8 Å². The van der Waals surface area contributed by atoms with Crippen molar-refractivity contribution in [3.8, 4) is 5.75 Å². The number of hydrogen-bond donors (Lipinski definition) is 1. The van der Waals surface area contributed by atoms with Crippen molar-refractivity contribution in [1.82, 2.24) is 0 Å². The Balaban J connectivity index is 1.43. The number of carbonyl (C=O) groups excluding carboxylic acids is 2. The van der Waals surface area contributed by atoms with E-state index < -0.39 is 6.10 Å². The van der Waals surface area contributed by atoms with Gasteiger partial charge < -0.3 is 19.9 Å². The number of nitrogens with zero attached hydrogens (tertiary/aromatic N) is 2. The Bertz CT molecular complexity index is 873. The van der Waals surface area contributed by atoms with Crippen LogP contribution in [0.1, 0.15) is 32.6 Å². The standard InChI is InChI=1S/C23H27N3O3/c1-17(27)26-16-22(29-21-9-5-4-8-20(21)26)23(28)24-18-10-12-19(13-11-18)25-14-6-2-3-7-15-25/h4-5,8-13,22H,2-3,6-7,14-16H2,1H3,(H,24,28)/t22-/m1/s1. The molecule has 1 atom stereocenters. The Morgan fingerprint density at radius 2 is 1.66 bits per heavy atom. The maximum absolute atomic E-state index is 12.8. The molecule has 2 aliphatic rings. The minimum Gasteiger partial charge on any atom is -0.476 e. The monoisotopic (exact) mass is 393 g/mol. The molecular weight excluding hydrogens is 366 g/mol. The van der Waals surface area contributed by atoms with Crippen LogP contribution in [-0.4, -0.2) is 37.6 Å². The van der Waals surface area contributed by atoms with E-state index in [4.69, 9.17) is 4.74 Å². The molecule has 1 fully saturated rings. The number of benzene rings is 2. The number of para-hydroxylation sites is 2. The lowest BCUT2D eigenvalue weighted by molar-refractivity contribution is -0.123. The lowest BCUT2D eigenvalue weighted by Gasteiger charge is -2.33. The second kappa shape index (κ2) is 8.55. The minimum absolute atomic E-state index is 0.111. The second-order valence-electron chi connectivity index (χ2n) is 7.64. The number of fused-ring (bicyclic) bond motifs is 1. The van der Waals surface area contributed by atoms with E-state index in [9.17, 15) is 9.59 Å². The lowest BCUT2D eigenvalue weighted by atomic mass is 10.1. The van der Waals surface area contributed by atoms with Crippen molar-refractivity contribution in [2.45, 2.75) is 38.7 Å². The van der Waals surface area contributed by atoms with Gasteiger partial charge in [0, 0.05) is 31.4 Å². The van der Waals surface area contributed by atoms with Gasteiger partial charge in [0.15, 0.2) is 6.10 Å². The highest BCUT2D eigenvalue weighted by molar-refractivity contribution is 5.99. The molecule has 2 aliphatic heterocycles. The largest absolute Gasteiger partial charge is 0.476 e. The Morgan fingerprint density at radius 1 is 0.966 bits per heavy atom. The number of carbonyl (C=O) groups is 2. The highest BCUT2D eigenvalue weighted by Crippen LogP contribution is 2.33. The first-order valence-corrected chi connectivity index (χ1v) is 10.3. The normalized spacial score (nSPS) is 19.0. The van der Waals surface area contributed by atoms with E-state index >= 15 is 0 Å². The van der Waals surface area contributed by atoms with Crippen molar-refractivity contribution in [3.05, 3.63) is 48.5 Å². The quantitative estimate of drug-likeness (QED) is 0.861. The van der Waals surface area contributed by atoms with Gasteiger partial charge >= 0.3 is 0 Å². The molecule has 2 amide bonds. The van der Waals surface area contributed by atoms with Crippen LogP contribution in [0.2, 0.25) is 0 Å². The maximum Gasteiger partial charge on any atom is 0.267 e. The summed E-state index contributed by atoms with van der Waals surface area (Å²) >= 11 is 0. The number of hydrogen-bond acceptors (Lipinski definition) is 4. The molecule has 2 heterocycles. The van der Waals surface area contributed by atoms with Crippen molar-refractivity contribution in [2.75, 3.05) is 34.8 Å². The van der Waals surface area contributed by atoms with E-state index in [-0.39, 0.29) is 18.4 Å². The Kier molecular flexibility index (Phi) is 5.69. The first-order chi connectivity index (χ1) is 14.1. The molecule has 152 valence electrons. The van der Waals surface area contributed by atoms with Crippen molar-refractivity contribution in [1.29, 1.82) is 0 Å². The summed E-state index contributed by atoms with van der Waals surface area (Å²) in [6.07, 6.45) is 4.30. The molecular formula is C23H27N3O3. The molecule has 0 radical (unpaired) electrons. The maximum atomic E-state index is 12.8. The van der Waals surface area contributed by atoms with Crippen LogP contribution in [0.5, 0.6) is 5.75 Å². The highest BCUT2D eigenvalue weighted by Gasteiger charge is 2.32. The number of rotatable bonds is 3. The zero-order chi connectivity index (χ0) is 20.2. The van der Waals surface area contributed by atoms with Gasteiger partial charge in [-0.05, 0) is 49.2 Å². The highest BCUT2D eigenvalue weighted by atomic mass is 16.5. The molecule has 0 saturated carbocycles. The topological polar surface area (TPSA) is 61.9 Å². The van der Waals surface area contributed by atoms with Gasteiger partial charge in [-0.3, -0.25) is 9.59 Å². The van der Waals surface area contributed by atoms with Gasteiger partial charge in [0.2, 0.25) is 5.91 Å². The van der Waals surface area contributed by atoms with Crippen LogP contribution < -0.4 is 19.9 Å². The Morgan fingerprint density at radius 3 is 2.34 bits per heavy atom. The number of nitrogens with one attached hydrogen (secondary N) is 1. The summed E-state index contributed by atoms with van der Waals surface area (Å²) in [5, 5.41) is 2.92. The zero-order valence-corrected chi connectivity index (χ0v) is 16.8. The molecule has 4 rings (SSSR count).